The van der Waals surface area contributed by atoms with Crippen LogP contribution in [0.25, 0.3) is 0 Å². The molecule has 104 valence electrons. The topological polar surface area (TPSA) is 9.23 Å². The monoisotopic (exact) mass is 266 g/mol. The molecule has 0 saturated carbocycles. The molecule has 0 N–H and O–H groups in total. The minimum atomic E-state index is 0.330. The summed E-state index contributed by atoms with van der Waals surface area (Å²) in [6.45, 7) is 3.16. The molecule has 0 bridgehead atoms. The van der Waals surface area contributed by atoms with Crippen molar-refractivity contribution in [3.8, 4) is 0 Å². The van der Waals surface area contributed by atoms with Gasteiger partial charge < -0.3 is 4.74 Å². The van der Waals surface area contributed by atoms with Gasteiger partial charge in [-0.1, -0.05) is 67.6 Å². The summed E-state index contributed by atoms with van der Waals surface area (Å²) in [7, 11) is 0. The van der Waals surface area contributed by atoms with Gasteiger partial charge in [-0.2, -0.15) is 0 Å². The van der Waals surface area contributed by atoms with Gasteiger partial charge in [-0.25, -0.2) is 0 Å². The molecule has 0 aromatic heterocycles. The van der Waals surface area contributed by atoms with Crippen molar-refractivity contribution in [3.63, 3.8) is 0 Å². The van der Waals surface area contributed by atoms with Crippen molar-refractivity contribution >= 4 is 0 Å². The third-order valence-corrected chi connectivity index (χ3v) is 4.47. The van der Waals surface area contributed by atoms with Crippen LogP contribution in [0.2, 0.25) is 0 Å². The summed E-state index contributed by atoms with van der Waals surface area (Å²) in [5.41, 5.74) is 2.84. The summed E-state index contributed by atoms with van der Waals surface area (Å²) in [6, 6.07) is 21.6. The maximum atomic E-state index is 6.05. The van der Waals surface area contributed by atoms with E-state index in [1.807, 2.05) is 0 Å². The Morgan fingerprint density at radius 3 is 2.30 bits per heavy atom. The van der Waals surface area contributed by atoms with Crippen molar-refractivity contribution in [2.75, 3.05) is 6.61 Å². The number of rotatable bonds is 3. The molecule has 1 heterocycles. The maximum Gasteiger partial charge on any atom is 0.0646 e. The molecule has 1 nitrogen and oxygen atoms in total. The van der Waals surface area contributed by atoms with Gasteiger partial charge in [0.15, 0.2) is 0 Å². The van der Waals surface area contributed by atoms with Crippen LogP contribution in [0.3, 0.4) is 0 Å². The molecule has 1 unspecified atom stereocenters. The minimum Gasteiger partial charge on any atom is -0.378 e. The zero-order chi connectivity index (χ0) is 13.8. The van der Waals surface area contributed by atoms with Crippen molar-refractivity contribution in [2.24, 2.45) is 0 Å². The van der Waals surface area contributed by atoms with Gasteiger partial charge in [0.1, 0.15) is 0 Å². The van der Waals surface area contributed by atoms with Gasteiger partial charge in [0.25, 0.3) is 0 Å². The quantitative estimate of drug-likeness (QED) is 0.778. The number of ether oxygens (including phenoxy) is 1. The third kappa shape index (κ3) is 2.94. The van der Waals surface area contributed by atoms with Crippen LogP contribution in [-0.2, 0) is 4.74 Å². The second-order valence-electron chi connectivity index (χ2n) is 5.74. The van der Waals surface area contributed by atoms with E-state index in [0.717, 1.165) is 19.4 Å². The Balaban J connectivity index is 1.72. The largest absolute Gasteiger partial charge is 0.378 e. The number of hydrogen-bond donors (Lipinski definition) is 0. The van der Waals surface area contributed by atoms with Crippen molar-refractivity contribution < 1.29 is 4.74 Å². The highest BCUT2D eigenvalue weighted by atomic mass is 16.5. The van der Waals surface area contributed by atoms with E-state index in [4.69, 9.17) is 4.74 Å². The van der Waals surface area contributed by atoms with Crippen LogP contribution in [0.4, 0.5) is 0 Å². The lowest BCUT2D eigenvalue weighted by Crippen LogP contribution is -2.29. The molecule has 3 atom stereocenters. The molecule has 1 aliphatic rings. The second-order valence-corrected chi connectivity index (χ2v) is 5.74. The summed E-state index contributed by atoms with van der Waals surface area (Å²) in [5, 5.41) is 0. The zero-order valence-electron chi connectivity index (χ0n) is 12.0. The molecule has 1 heteroatoms. The van der Waals surface area contributed by atoms with Crippen LogP contribution in [0.15, 0.2) is 60.7 Å². The fraction of sp³-hybridized carbons (Fsp3) is 0.368. The van der Waals surface area contributed by atoms with Gasteiger partial charge in [-0.3, -0.25) is 0 Å². The SMILES string of the molecule is CC(c1ccccc1)[C@H]1C[C@@H](c2ccccc2)CCO1. The van der Waals surface area contributed by atoms with Gasteiger partial charge in [0.05, 0.1) is 6.10 Å². The smallest absolute Gasteiger partial charge is 0.0646 e. The normalized spacial score (nSPS) is 24.2. The summed E-state index contributed by atoms with van der Waals surface area (Å²) >= 11 is 0. The fourth-order valence-corrected chi connectivity index (χ4v) is 3.18. The molecule has 3 rings (SSSR count). The maximum absolute atomic E-state index is 6.05. The Kier molecular flexibility index (Phi) is 4.17. The van der Waals surface area contributed by atoms with E-state index >= 15 is 0 Å². The van der Waals surface area contributed by atoms with E-state index in [1.54, 1.807) is 0 Å². The highest BCUT2D eigenvalue weighted by Crippen LogP contribution is 2.35. The van der Waals surface area contributed by atoms with Crippen molar-refractivity contribution in [1.82, 2.24) is 0 Å². The first-order valence-electron chi connectivity index (χ1n) is 7.56. The van der Waals surface area contributed by atoms with Crippen molar-refractivity contribution in [1.29, 1.82) is 0 Å². The average Bonchev–Trinajstić information content (AvgIpc) is 2.56. The van der Waals surface area contributed by atoms with Crippen LogP contribution in [0.5, 0.6) is 0 Å². The van der Waals surface area contributed by atoms with Crippen LogP contribution >= 0.6 is 0 Å². The Morgan fingerprint density at radius 1 is 0.950 bits per heavy atom. The second kappa shape index (κ2) is 6.23. The molecule has 0 aliphatic carbocycles. The highest BCUT2D eigenvalue weighted by Gasteiger charge is 2.28. The Bertz CT molecular complexity index is 482. The van der Waals surface area contributed by atoms with E-state index in [1.165, 1.54) is 11.1 Å². The number of benzene rings is 2. The molecule has 20 heavy (non-hydrogen) atoms. The first-order valence-corrected chi connectivity index (χ1v) is 7.56. The van der Waals surface area contributed by atoms with E-state index in [0.29, 0.717) is 17.9 Å². The van der Waals surface area contributed by atoms with E-state index in [2.05, 4.69) is 67.6 Å². The molecule has 0 spiro atoms. The third-order valence-electron chi connectivity index (χ3n) is 4.47. The summed E-state index contributed by atoms with van der Waals surface area (Å²) in [4.78, 5) is 0. The lowest BCUT2D eigenvalue weighted by atomic mass is 9.83. The molecule has 1 fully saturated rings. The Hall–Kier alpha value is -1.60. The Labute approximate surface area is 121 Å². The molecule has 1 saturated heterocycles. The first-order chi connectivity index (χ1) is 9.84. The van der Waals surface area contributed by atoms with Gasteiger partial charge in [-0.05, 0) is 29.9 Å². The molecule has 0 radical (unpaired) electrons. The van der Waals surface area contributed by atoms with Crippen molar-refractivity contribution in [3.05, 3.63) is 71.8 Å². The highest BCUT2D eigenvalue weighted by molar-refractivity contribution is 5.23. The molecule has 1 aliphatic heterocycles. The van der Waals surface area contributed by atoms with Crippen LogP contribution in [0.1, 0.15) is 42.7 Å². The molecule has 2 aromatic rings. The van der Waals surface area contributed by atoms with Gasteiger partial charge in [0.2, 0.25) is 0 Å². The average molecular weight is 266 g/mol. The van der Waals surface area contributed by atoms with E-state index in [-0.39, 0.29) is 0 Å². The standard InChI is InChI=1S/C19H22O/c1-15(16-8-4-2-5-9-16)19-14-18(12-13-20-19)17-10-6-3-7-11-17/h2-11,15,18-19H,12-14H2,1H3/t15?,18-,19+/m0/s1. The fourth-order valence-electron chi connectivity index (χ4n) is 3.18. The van der Waals surface area contributed by atoms with E-state index < -0.39 is 0 Å². The van der Waals surface area contributed by atoms with Crippen LogP contribution < -0.4 is 0 Å². The van der Waals surface area contributed by atoms with E-state index in [9.17, 15) is 0 Å². The van der Waals surface area contributed by atoms with Gasteiger partial charge >= 0.3 is 0 Å². The van der Waals surface area contributed by atoms with Gasteiger partial charge in [0, 0.05) is 12.5 Å². The van der Waals surface area contributed by atoms with Crippen LogP contribution in [0, 0.1) is 0 Å². The predicted molar refractivity (Wildman–Crippen MR) is 83.0 cm³/mol. The molecular weight excluding hydrogens is 244 g/mol. The minimum absolute atomic E-state index is 0.330. The lowest BCUT2D eigenvalue weighted by molar-refractivity contribution is -0.00661. The van der Waals surface area contributed by atoms with Crippen LogP contribution in [-0.4, -0.2) is 12.7 Å². The first kappa shape index (κ1) is 13.4. The summed E-state index contributed by atoms with van der Waals surface area (Å²) in [5.74, 6) is 1.10. The lowest BCUT2D eigenvalue weighted by Gasteiger charge is -2.33. The predicted octanol–water partition coefficient (Wildman–Crippen LogP) is 4.75. The summed E-state index contributed by atoms with van der Waals surface area (Å²) < 4.78 is 6.05. The Morgan fingerprint density at radius 2 is 1.60 bits per heavy atom. The van der Waals surface area contributed by atoms with Crippen molar-refractivity contribution in [2.45, 2.75) is 37.7 Å². The zero-order valence-corrected chi connectivity index (χ0v) is 12.0. The molecule has 0 amide bonds. The van der Waals surface area contributed by atoms with Gasteiger partial charge in [-0.15, -0.1) is 0 Å². The molecule has 2 aromatic carbocycles. The summed E-state index contributed by atoms with van der Waals surface area (Å²) in [6.07, 6.45) is 2.60. The molecular formula is C19H22O. The number of hydrogen-bond acceptors (Lipinski definition) is 1.